The quantitative estimate of drug-likeness (QED) is 0.682. The summed E-state index contributed by atoms with van der Waals surface area (Å²) in [7, 11) is 0. The van der Waals surface area contributed by atoms with E-state index in [-0.39, 0.29) is 12.1 Å². The maximum Gasteiger partial charge on any atom is 0.0822 e. The summed E-state index contributed by atoms with van der Waals surface area (Å²) in [6.07, 6.45) is 2.12. The average Bonchev–Trinajstić information content (AvgIpc) is 3.46. The number of hydrogen-bond acceptors (Lipinski definition) is 3. The predicted octanol–water partition coefficient (Wildman–Crippen LogP) is 3.83. The van der Waals surface area contributed by atoms with Gasteiger partial charge in [0.2, 0.25) is 0 Å². The fourth-order valence-corrected chi connectivity index (χ4v) is 3.71. The highest BCUT2D eigenvalue weighted by atomic mass is 16.3. The highest BCUT2D eigenvalue weighted by Crippen LogP contribution is 2.23. The van der Waals surface area contributed by atoms with Crippen molar-refractivity contribution in [3.8, 4) is 0 Å². The predicted molar refractivity (Wildman–Crippen MR) is 108 cm³/mol. The van der Waals surface area contributed by atoms with Gasteiger partial charge in [0.15, 0.2) is 0 Å². The first kappa shape index (κ1) is 19.1. The summed E-state index contributed by atoms with van der Waals surface area (Å²) in [6, 6.07) is 21.9. The summed E-state index contributed by atoms with van der Waals surface area (Å²) in [6.45, 7) is 6.80. The lowest BCUT2D eigenvalue weighted by Gasteiger charge is -2.38. The van der Waals surface area contributed by atoms with Crippen LogP contribution in [0.5, 0.6) is 0 Å². The number of benzene rings is 2. The summed E-state index contributed by atoms with van der Waals surface area (Å²) in [5, 5.41) is 14.5. The number of aliphatic hydroxyl groups is 1. The van der Waals surface area contributed by atoms with E-state index in [1.165, 1.54) is 24.0 Å². The molecule has 0 radical (unpaired) electrons. The molecule has 0 unspecified atom stereocenters. The number of hydrogen-bond donors (Lipinski definition) is 2. The summed E-state index contributed by atoms with van der Waals surface area (Å²) >= 11 is 0. The van der Waals surface area contributed by atoms with Gasteiger partial charge in [-0.1, -0.05) is 74.5 Å². The summed E-state index contributed by atoms with van der Waals surface area (Å²) in [4.78, 5) is 2.44. The molecule has 1 aliphatic carbocycles. The van der Waals surface area contributed by atoms with Crippen LogP contribution in [0.1, 0.15) is 37.8 Å². The lowest BCUT2D eigenvalue weighted by atomic mass is 9.95. The van der Waals surface area contributed by atoms with Crippen molar-refractivity contribution < 1.29 is 5.11 Å². The van der Waals surface area contributed by atoms with E-state index in [1.54, 1.807) is 0 Å². The molecule has 1 aliphatic rings. The highest BCUT2D eigenvalue weighted by molar-refractivity contribution is 5.17. The largest absolute Gasteiger partial charge is 0.390 e. The molecule has 2 aromatic rings. The molecule has 0 aliphatic heterocycles. The Morgan fingerprint density at radius 2 is 1.42 bits per heavy atom. The minimum absolute atomic E-state index is 0.113. The maximum atomic E-state index is 11.0. The Bertz CT molecular complexity index is 598. The fraction of sp³-hybridized carbons (Fsp3) is 0.478. The Balaban J connectivity index is 1.77. The first-order valence-corrected chi connectivity index (χ1v) is 9.87. The molecule has 2 aromatic carbocycles. The van der Waals surface area contributed by atoms with Crippen LogP contribution in [0.2, 0.25) is 0 Å². The topological polar surface area (TPSA) is 35.5 Å². The Morgan fingerprint density at radius 1 is 0.923 bits per heavy atom. The van der Waals surface area contributed by atoms with Crippen LogP contribution in [0.3, 0.4) is 0 Å². The van der Waals surface area contributed by atoms with E-state index >= 15 is 0 Å². The Morgan fingerprint density at radius 3 is 1.85 bits per heavy atom. The normalized spacial score (nSPS) is 16.8. The third-order valence-electron chi connectivity index (χ3n) is 5.15. The molecular formula is C23H32N2O. The van der Waals surface area contributed by atoms with Crippen molar-refractivity contribution in [3.05, 3.63) is 71.8 Å². The van der Waals surface area contributed by atoms with Gasteiger partial charge in [-0.05, 0) is 29.9 Å². The van der Waals surface area contributed by atoms with Crippen LogP contribution in [0.25, 0.3) is 0 Å². The second-order valence-corrected chi connectivity index (χ2v) is 7.86. The van der Waals surface area contributed by atoms with E-state index in [0.29, 0.717) is 18.5 Å². The fourth-order valence-electron chi connectivity index (χ4n) is 3.71. The zero-order chi connectivity index (χ0) is 18.4. The van der Waals surface area contributed by atoms with Gasteiger partial charge in [-0.25, -0.2) is 0 Å². The van der Waals surface area contributed by atoms with Crippen LogP contribution in [0.15, 0.2) is 60.7 Å². The summed E-state index contributed by atoms with van der Waals surface area (Å²) in [5.41, 5.74) is 2.58. The van der Waals surface area contributed by atoms with Gasteiger partial charge in [-0.15, -0.1) is 0 Å². The minimum Gasteiger partial charge on any atom is -0.390 e. The maximum absolute atomic E-state index is 11.0. The molecule has 26 heavy (non-hydrogen) atoms. The molecule has 2 atom stereocenters. The zero-order valence-electron chi connectivity index (χ0n) is 16.0. The second kappa shape index (κ2) is 9.31. The van der Waals surface area contributed by atoms with E-state index in [2.05, 4.69) is 84.7 Å². The standard InChI is InChI=1S/C23H32N2O/c1-18(2)23(22(26)15-24-21-13-14-21)25(16-19-9-5-3-6-10-19)17-20-11-7-4-8-12-20/h3-12,18,21-24,26H,13-17H2,1-2H3/t22-,23-/m0/s1. The van der Waals surface area contributed by atoms with Crippen molar-refractivity contribution in [2.45, 2.75) is 58.0 Å². The lowest BCUT2D eigenvalue weighted by molar-refractivity contribution is 0.0145. The van der Waals surface area contributed by atoms with Crippen molar-refractivity contribution in [2.75, 3.05) is 6.54 Å². The molecule has 3 heteroatoms. The van der Waals surface area contributed by atoms with Crippen molar-refractivity contribution in [3.63, 3.8) is 0 Å². The van der Waals surface area contributed by atoms with Gasteiger partial charge in [0.05, 0.1) is 6.10 Å². The molecule has 1 saturated carbocycles. The summed E-state index contributed by atoms with van der Waals surface area (Å²) in [5.74, 6) is 0.374. The smallest absolute Gasteiger partial charge is 0.0822 e. The molecule has 3 nitrogen and oxygen atoms in total. The van der Waals surface area contributed by atoms with Crippen molar-refractivity contribution in [2.24, 2.45) is 5.92 Å². The molecule has 1 fully saturated rings. The van der Waals surface area contributed by atoms with Gasteiger partial charge in [-0.3, -0.25) is 4.90 Å². The first-order valence-electron chi connectivity index (χ1n) is 9.87. The lowest BCUT2D eigenvalue weighted by Crippen LogP contribution is -2.50. The van der Waals surface area contributed by atoms with E-state index in [4.69, 9.17) is 0 Å². The van der Waals surface area contributed by atoms with Gasteiger partial charge in [-0.2, -0.15) is 0 Å². The molecule has 3 rings (SSSR count). The highest BCUT2D eigenvalue weighted by Gasteiger charge is 2.31. The van der Waals surface area contributed by atoms with E-state index in [0.717, 1.165) is 13.1 Å². The van der Waals surface area contributed by atoms with Gasteiger partial charge in [0.1, 0.15) is 0 Å². The molecule has 140 valence electrons. The molecule has 0 bridgehead atoms. The van der Waals surface area contributed by atoms with Crippen LogP contribution in [0.4, 0.5) is 0 Å². The molecule has 0 heterocycles. The second-order valence-electron chi connectivity index (χ2n) is 7.86. The van der Waals surface area contributed by atoms with E-state index in [9.17, 15) is 5.11 Å². The van der Waals surface area contributed by atoms with Crippen molar-refractivity contribution in [1.82, 2.24) is 10.2 Å². The Labute approximate surface area is 158 Å². The van der Waals surface area contributed by atoms with E-state index < -0.39 is 0 Å². The molecule has 2 N–H and O–H groups in total. The third-order valence-corrected chi connectivity index (χ3v) is 5.15. The van der Waals surface area contributed by atoms with Crippen LogP contribution in [-0.2, 0) is 13.1 Å². The Kier molecular flexibility index (Phi) is 6.84. The van der Waals surface area contributed by atoms with Crippen LogP contribution >= 0.6 is 0 Å². The van der Waals surface area contributed by atoms with Gasteiger partial charge in [0, 0.05) is 31.7 Å². The van der Waals surface area contributed by atoms with Crippen LogP contribution in [0, 0.1) is 5.92 Å². The molecule has 0 spiro atoms. The molecule has 0 aromatic heterocycles. The molecule has 0 amide bonds. The number of rotatable bonds is 10. The number of aliphatic hydroxyl groups excluding tert-OH is 1. The zero-order valence-corrected chi connectivity index (χ0v) is 16.0. The van der Waals surface area contributed by atoms with Crippen molar-refractivity contribution in [1.29, 1.82) is 0 Å². The monoisotopic (exact) mass is 352 g/mol. The van der Waals surface area contributed by atoms with Crippen LogP contribution in [-0.4, -0.2) is 34.7 Å². The average molecular weight is 353 g/mol. The Hall–Kier alpha value is -1.68. The number of nitrogens with zero attached hydrogens (tertiary/aromatic N) is 1. The number of nitrogens with one attached hydrogen (secondary N) is 1. The van der Waals surface area contributed by atoms with Crippen LogP contribution < -0.4 is 5.32 Å². The van der Waals surface area contributed by atoms with Gasteiger partial charge < -0.3 is 10.4 Å². The third kappa shape index (κ3) is 5.66. The minimum atomic E-state index is -0.372. The van der Waals surface area contributed by atoms with E-state index in [1.807, 2.05) is 0 Å². The van der Waals surface area contributed by atoms with Gasteiger partial charge in [0.25, 0.3) is 0 Å². The van der Waals surface area contributed by atoms with Gasteiger partial charge >= 0.3 is 0 Å². The molecular weight excluding hydrogens is 320 g/mol. The molecule has 0 saturated heterocycles. The SMILES string of the molecule is CC(C)[C@@H]([C@@H](O)CNC1CC1)N(Cc1ccccc1)Cc1ccccc1. The summed E-state index contributed by atoms with van der Waals surface area (Å²) < 4.78 is 0. The first-order chi connectivity index (χ1) is 12.6. The van der Waals surface area contributed by atoms with Crippen molar-refractivity contribution >= 4 is 0 Å².